The lowest BCUT2D eigenvalue weighted by molar-refractivity contribution is 1.07. The Balaban J connectivity index is 1.14. The first-order valence-electron chi connectivity index (χ1n) is 19.0. The molecule has 0 aliphatic rings. The van der Waals surface area contributed by atoms with E-state index in [1.807, 2.05) is 29.5 Å². The minimum absolute atomic E-state index is 0.627. The summed E-state index contributed by atoms with van der Waals surface area (Å²) in [7, 11) is 0. The van der Waals surface area contributed by atoms with Crippen molar-refractivity contribution in [3.8, 4) is 51.0 Å². The Bertz CT molecular complexity index is 3530. The zero-order chi connectivity index (χ0) is 37.5. The first kappa shape index (κ1) is 32.3. The molecular weight excluding hydrogens is 733 g/mol. The lowest BCUT2D eigenvalue weighted by Gasteiger charge is -2.15. The molecule has 0 saturated carbocycles. The molecule has 4 nitrogen and oxygen atoms in total. The number of para-hydroxylation sites is 1. The molecule has 0 aliphatic carbocycles. The van der Waals surface area contributed by atoms with Crippen LogP contribution in [0.4, 0.5) is 0 Å². The van der Waals surface area contributed by atoms with Gasteiger partial charge in [-0.05, 0) is 53.6 Å². The van der Waals surface area contributed by atoms with E-state index in [-0.39, 0.29) is 0 Å². The average molecular weight is 763 g/mol. The molecule has 266 valence electrons. The number of fused-ring (bicyclic) bond motifs is 10. The van der Waals surface area contributed by atoms with Gasteiger partial charge in [-0.3, -0.25) is 0 Å². The van der Waals surface area contributed by atoms with Gasteiger partial charge < -0.3 is 4.57 Å². The Hall–Kier alpha value is -6.99. The van der Waals surface area contributed by atoms with Gasteiger partial charge >= 0.3 is 0 Å². The van der Waals surface area contributed by atoms with Crippen LogP contribution in [0, 0.1) is 0 Å². The van der Waals surface area contributed by atoms with E-state index >= 15 is 0 Å². The maximum atomic E-state index is 5.30. The molecule has 12 rings (SSSR count). The predicted octanol–water partition coefficient (Wildman–Crippen LogP) is 14.4. The lowest BCUT2D eigenvalue weighted by Crippen LogP contribution is -2.02. The van der Waals surface area contributed by atoms with Crippen molar-refractivity contribution >= 4 is 84.8 Å². The van der Waals surface area contributed by atoms with Crippen molar-refractivity contribution in [2.75, 3.05) is 0 Å². The molecule has 0 fully saturated rings. The molecule has 4 heterocycles. The van der Waals surface area contributed by atoms with E-state index in [9.17, 15) is 0 Å². The molecule has 6 heteroatoms. The van der Waals surface area contributed by atoms with Gasteiger partial charge in [0.05, 0.1) is 15.7 Å². The summed E-state index contributed by atoms with van der Waals surface area (Å²) in [6.45, 7) is 0. The Kier molecular flexibility index (Phi) is 7.24. The molecule has 0 atom stereocenters. The van der Waals surface area contributed by atoms with E-state index in [1.165, 1.54) is 56.6 Å². The fraction of sp³-hybridized carbons (Fsp3) is 0. The van der Waals surface area contributed by atoms with Gasteiger partial charge in [0.1, 0.15) is 0 Å². The second kappa shape index (κ2) is 12.8. The fourth-order valence-corrected chi connectivity index (χ4v) is 10.8. The Morgan fingerprint density at radius 1 is 0.333 bits per heavy atom. The fourth-order valence-electron chi connectivity index (χ4n) is 8.38. The van der Waals surface area contributed by atoms with Gasteiger partial charge in [0.2, 0.25) is 0 Å². The molecule has 8 aromatic carbocycles. The highest BCUT2D eigenvalue weighted by molar-refractivity contribution is 7.26. The topological polar surface area (TPSA) is 43.6 Å². The van der Waals surface area contributed by atoms with Crippen molar-refractivity contribution in [2.45, 2.75) is 0 Å². The number of nitrogens with zero attached hydrogens (tertiary/aromatic N) is 4. The zero-order valence-corrected chi connectivity index (χ0v) is 32.1. The van der Waals surface area contributed by atoms with E-state index in [1.54, 1.807) is 11.3 Å². The molecule has 0 radical (unpaired) electrons. The lowest BCUT2D eigenvalue weighted by atomic mass is 10.0. The van der Waals surface area contributed by atoms with E-state index in [2.05, 4.69) is 168 Å². The van der Waals surface area contributed by atoms with Crippen LogP contribution in [0.3, 0.4) is 0 Å². The van der Waals surface area contributed by atoms with Gasteiger partial charge in [-0.1, -0.05) is 140 Å². The van der Waals surface area contributed by atoms with Crippen molar-refractivity contribution in [1.29, 1.82) is 0 Å². The molecule has 0 aliphatic heterocycles. The molecule has 12 aromatic rings. The van der Waals surface area contributed by atoms with Crippen molar-refractivity contribution in [3.63, 3.8) is 0 Å². The van der Waals surface area contributed by atoms with E-state index in [0.717, 1.165) is 39.0 Å². The summed E-state index contributed by atoms with van der Waals surface area (Å²) in [6, 6.07) is 64.9. The van der Waals surface area contributed by atoms with Crippen LogP contribution in [0.5, 0.6) is 0 Å². The maximum absolute atomic E-state index is 5.30. The first-order chi connectivity index (χ1) is 28.2. The van der Waals surface area contributed by atoms with Crippen molar-refractivity contribution in [1.82, 2.24) is 19.5 Å². The second-order valence-electron chi connectivity index (χ2n) is 14.4. The predicted molar refractivity (Wildman–Crippen MR) is 242 cm³/mol. The summed E-state index contributed by atoms with van der Waals surface area (Å²) in [6.07, 6.45) is 0. The monoisotopic (exact) mass is 762 g/mol. The average Bonchev–Trinajstić information content (AvgIpc) is 3.96. The molecular formula is C51H30N4S2. The van der Waals surface area contributed by atoms with Gasteiger partial charge in [-0.15, -0.1) is 22.7 Å². The van der Waals surface area contributed by atoms with Crippen molar-refractivity contribution in [2.24, 2.45) is 0 Å². The third-order valence-electron chi connectivity index (χ3n) is 11.0. The zero-order valence-electron chi connectivity index (χ0n) is 30.4. The third kappa shape index (κ3) is 5.22. The molecule has 0 saturated heterocycles. The van der Waals surface area contributed by atoms with Gasteiger partial charge in [-0.2, -0.15) is 0 Å². The molecule has 0 bridgehead atoms. The normalized spacial score (nSPS) is 11.9. The number of benzene rings is 8. The molecule has 0 unspecified atom stereocenters. The quantitative estimate of drug-likeness (QED) is 0.175. The molecule has 0 spiro atoms. The van der Waals surface area contributed by atoms with Gasteiger partial charge in [0, 0.05) is 68.8 Å². The highest BCUT2D eigenvalue weighted by Gasteiger charge is 2.20. The molecule has 0 N–H and O–H groups in total. The summed E-state index contributed by atoms with van der Waals surface area (Å²) in [5.74, 6) is 1.92. The minimum Gasteiger partial charge on any atom is -0.308 e. The number of aromatic nitrogens is 4. The largest absolute Gasteiger partial charge is 0.308 e. The number of hydrogen-bond acceptors (Lipinski definition) is 5. The number of thiophene rings is 2. The Labute approximate surface area is 335 Å². The highest BCUT2D eigenvalue weighted by Crippen LogP contribution is 2.44. The van der Waals surface area contributed by atoms with Gasteiger partial charge in [0.15, 0.2) is 17.5 Å². The molecule has 4 aromatic heterocycles. The minimum atomic E-state index is 0.627. The van der Waals surface area contributed by atoms with Crippen molar-refractivity contribution in [3.05, 3.63) is 182 Å². The van der Waals surface area contributed by atoms with Crippen LogP contribution < -0.4 is 0 Å². The molecule has 0 amide bonds. The van der Waals surface area contributed by atoms with Crippen LogP contribution in [0.2, 0.25) is 0 Å². The van der Waals surface area contributed by atoms with E-state index in [0.29, 0.717) is 17.5 Å². The summed E-state index contributed by atoms with van der Waals surface area (Å²) in [5, 5.41) is 7.54. The van der Waals surface area contributed by atoms with E-state index < -0.39 is 0 Å². The molecule has 57 heavy (non-hydrogen) atoms. The Morgan fingerprint density at radius 3 is 1.65 bits per heavy atom. The van der Waals surface area contributed by atoms with Crippen LogP contribution >= 0.6 is 22.7 Å². The van der Waals surface area contributed by atoms with Crippen molar-refractivity contribution < 1.29 is 0 Å². The van der Waals surface area contributed by atoms with Crippen LogP contribution in [-0.2, 0) is 0 Å². The number of rotatable bonds is 5. The second-order valence-corrected chi connectivity index (χ2v) is 16.5. The van der Waals surface area contributed by atoms with Crippen LogP contribution in [0.15, 0.2) is 182 Å². The van der Waals surface area contributed by atoms with Crippen LogP contribution in [-0.4, -0.2) is 19.5 Å². The Morgan fingerprint density at radius 2 is 0.877 bits per heavy atom. The van der Waals surface area contributed by atoms with Gasteiger partial charge in [-0.25, -0.2) is 15.0 Å². The SMILES string of the molecule is c1ccc(-c2cc(-c3nc(-c4ccccc4)nc(-c4ccc5c(c4)sc4ccccc45)n3)cc(-n3c4ccccc4c4ccc5c6ccccc6sc5c43)c2)cc1. The van der Waals surface area contributed by atoms with Crippen LogP contribution in [0.1, 0.15) is 0 Å². The van der Waals surface area contributed by atoms with E-state index in [4.69, 9.17) is 15.0 Å². The highest BCUT2D eigenvalue weighted by atomic mass is 32.1. The first-order valence-corrected chi connectivity index (χ1v) is 20.6. The summed E-state index contributed by atoms with van der Waals surface area (Å²) in [4.78, 5) is 15.7. The summed E-state index contributed by atoms with van der Waals surface area (Å²) in [5.41, 5.74) is 8.47. The van der Waals surface area contributed by atoms with Gasteiger partial charge in [0.25, 0.3) is 0 Å². The smallest absolute Gasteiger partial charge is 0.164 e. The number of hydrogen-bond donors (Lipinski definition) is 0. The summed E-state index contributed by atoms with van der Waals surface area (Å²) >= 11 is 3.67. The summed E-state index contributed by atoms with van der Waals surface area (Å²) < 4.78 is 7.50. The van der Waals surface area contributed by atoms with Crippen LogP contribution in [0.25, 0.3) is 113 Å². The maximum Gasteiger partial charge on any atom is 0.164 e. The third-order valence-corrected chi connectivity index (χ3v) is 13.4. The standard InChI is InChI=1S/C51H30N4S2/c1-3-13-31(14-4-1)34-27-35(29-36(28-34)55-43-20-10-7-17-37(43)41-25-26-42-39-19-9-12-22-45(39)57-48(42)47(41)55)51-53-49(32-15-5-2-6-16-32)52-50(54-51)33-23-24-40-38-18-8-11-21-44(38)56-46(40)30-33/h1-30H.